The number of urea groups is 1. The predicted octanol–water partition coefficient (Wildman–Crippen LogP) is 6.67. The molecule has 35 heavy (non-hydrogen) atoms. The van der Waals surface area contributed by atoms with E-state index in [2.05, 4.69) is 20.7 Å². The average molecular weight is 516 g/mol. The molecule has 0 saturated heterocycles. The van der Waals surface area contributed by atoms with Crippen molar-refractivity contribution in [1.29, 1.82) is 0 Å². The summed E-state index contributed by atoms with van der Waals surface area (Å²) >= 11 is 12.2. The van der Waals surface area contributed by atoms with Gasteiger partial charge in [0.05, 0.1) is 35.9 Å². The topological polar surface area (TPSA) is 80.5 Å². The van der Waals surface area contributed by atoms with E-state index in [9.17, 15) is 13.6 Å². The van der Waals surface area contributed by atoms with Crippen molar-refractivity contribution in [3.05, 3.63) is 94.1 Å². The predicted molar refractivity (Wildman–Crippen MR) is 133 cm³/mol. The van der Waals surface area contributed by atoms with Gasteiger partial charge in [0.2, 0.25) is 5.95 Å². The highest BCUT2D eigenvalue weighted by molar-refractivity contribution is 6.36. The van der Waals surface area contributed by atoms with Crippen molar-refractivity contribution in [2.24, 2.45) is 5.10 Å². The lowest BCUT2D eigenvalue weighted by Gasteiger charge is -2.08. The minimum atomic E-state index is -0.919. The summed E-state index contributed by atoms with van der Waals surface area (Å²) in [6, 6.07) is 14.0. The second-order valence-electron chi connectivity index (χ2n) is 7.14. The summed E-state index contributed by atoms with van der Waals surface area (Å²) in [5.74, 6) is -0.971. The van der Waals surface area contributed by atoms with Crippen LogP contribution >= 0.6 is 23.2 Å². The van der Waals surface area contributed by atoms with E-state index in [0.717, 1.165) is 17.7 Å². The molecule has 0 spiro atoms. The Morgan fingerprint density at radius 2 is 1.83 bits per heavy atom. The molecule has 1 aromatic heterocycles. The Labute approximate surface area is 209 Å². The van der Waals surface area contributed by atoms with Gasteiger partial charge >= 0.3 is 6.03 Å². The van der Waals surface area contributed by atoms with Crippen LogP contribution in [0.15, 0.2) is 72.0 Å². The summed E-state index contributed by atoms with van der Waals surface area (Å²) in [5, 5.41) is 10.0. The van der Waals surface area contributed by atoms with Crippen LogP contribution in [-0.4, -0.2) is 29.0 Å². The molecule has 0 aliphatic rings. The van der Waals surface area contributed by atoms with E-state index in [-0.39, 0.29) is 11.6 Å². The third-order valence-corrected chi connectivity index (χ3v) is 5.32. The summed E-state index contributed by atoms with van der Waals surface area (Å²) in [4.78, 5) is 17.0. The van der Waals surface area contributed by atoms with Gasteiger partial charge in [0, 0.05) is 22.2 Å². The van der Waals surface area contributed by atoms with Crippen LogP contribution in [-0.2, 0) is 0 Å². The second-order valence-corrected chi connectivity index (χ2v) is 7.98. The van der Waals surface area contributed by atoms with Gasteiger partial charge in [-0.25, -0.2) is 23.2 Å². The zero-order valence-electron chi connectivity index (χ0n) is 18.1. The van der Waals surface area contributed by atoms with Crippen molar-refractivity contribution in [3.63, 3.8) is 0 Å². The summed E-state index contributed by atoms with van der Waals surface area (Å²) in [6.07, 6.45) is 3.07. The van der Waals surface area contributed by atoms with E-state index in [1.807, 2.05) is 0 Å². The number of hydrogen-bond donors (Lipinski definition) is 2. The number of carbonyl (C=O) groups is 1. The fourth-order valence-corrected chi connectivity index (χ4v) is 3.48. The number of benzene rings is 3. The van der Waals surface area contributed by atoms with Crippen LogP contribution in [0.4, 0.5) is 25.2 Å². The normalized spacial score (nSPS) is 11.0. The number of nitrogens with zero attached hydrogens (tertiary/aromatic N) is 3. The minimum absolute atomic E-state index is 0.0390. The number of hydrogen-bond acceptors (Lipinski definition) is 4. The lowest BCUT2D eigenvalue weighted by atomic mass is 10.2. The molecule has 0 aliphatic carbocycles. The van der Waals surface area contributed by atoms with Crippen molar-refractivity contribution < 1.29 is 18.3 Å². The number of imidazole rings is 1. The van der Waals surface area contributed by atoms with Gasteiger partial charge in [-0.2, -0.15) is 5.10 Å². The van der Waals surface area contributed by atoms with Gasteiger partial charge in [-0.1, -0.05) is 29.3 Å². The standard InChI is InChI=1S/C24H17Cl2F2N5O2/c1-35-18-7-3-14(4-8-18)22-13-33(29-12-15-2-5-16(25)10-19(15)26)23(30-22)32-24(34)31-21-9-6-17(27)11-20(21)28/h2-13H,1H3,(H2,30,31,32,34). The van der Waals surface area contributed by atoms with Gasteiger partial charge < -0.3 is 10.1 Å². The molecule has 0 saturated carbocycles. The van der Waals surface area contributed by atoms with Gasteiger partial charge in [0.1, 0.15) is 17.4 Å². The Bertz CT molecular complexity index is 1410. The smallest absolute Gasteiger partial charge is 0.326 e. The van der Waals surface area contributed by atoms with Crippen molar-refractivity contribution in [2.45, 2.75) is 0 Å². The molecule has 0 aliphatic heterocycles. The van der Waals surface area contributed by atoms with Crippen LogP contribution in [0, 0.1) is 11.6 Å². The first-order valence-electron chi connectivity index (χ1n) is 10.1. The minimum Gasteiger partial charge on any atom is -0.497 e. The molecule has 0 fully saturated rings. The van der Waals surface area contributed by atoms with Crippen molar-refractivity contribution >= 4 is 47.1 Å². The average Bonchev–Trinajstić information content (AvgIpc) is 3.22. The number of carbonyl (C=O) groups excluding carboxylic acids is 1. The maximum Gasteiger partial charge on any atom is 0.326 e. The quantitative estimate of drug-likeness (QED) is 0.281. The van der Waals surface area contributed by atoms with E-state index in [1.165, 1.54) is 10.9 Å². The second kappa shape index (κ2) is 10.5. The number of halogens is 4. The van der Waals surface area contributed by atoms with Gasteiger partial charge in [-0.15, -0.1) is 0 Å². The number of amides is 2. The fraction of sp³-hybridized carbons (Fsp3) is 0.0417. The van der Waals surface area contributed by atoms with Crippen LogP contribution in [0.5, 0.6) is 5.75 Å². The molecule has 0 unspecified atom stereocenters. The Morgan fingerprint density at radius 3 is 2.51 bits per heavy atom. The van der Waals surface area contributed by atoms with Crippen molar-refractivity contribution in [1.82, 2.24) is 9.66 Å². The van der Waals surface area contributed by atoms with Gasteiger partial charge in [-0.05, 0) is 48.5 Å². The first kappa shape index (κ1) is 24.2. The van der Waals surface area contributed by atoms with Gasteiger partial charge in [-0.3, -0.25) is 5.32 Å². The van der Waals surface area contributed by atoms with Crippen LogP contribution in [0.3, 0.4) is 0 Å². The third-order valence-electron chi connectivity index (χ3n) is 4.76. The Morgan fingerprint density at radius 1 is 1.06 bits per heavy atom. The maximum absolute atomic E-state index is 13.9. The summed E-state index contributed by atoms with van der Waals surface area (Å²) in [6.45, 7) is 0. The largest absolute Gasteiger partial charge is 0.497 e. The third kappa shape index (κ3) is 5.95. The van der Waals surface area contributed by atoms with E-state index < -0.39 is 17.7 Å². The van der Waals surface area contributed by atoms with Crippen molar-refractivity contribution in [3.8, 4) is 17.0 Å². The Hall–Kier alpha value is -3.95. The zero-order chi connectivity index (χ0) is 24.9. The van der Waals surface area contributed by atoms with E-state index in [0.29, 0.717) is 33.1 Å². The molecule has 4 aromatic rings. The molecule has 3 aromatic carbocycles. The van der Waals surface area contributed by atoms with E-state index in [1.54, 1.807) is 55.8 Å². The zero-order valence-corrected chi connectivity index (χ0v) is 19.6. The summed E-state index contributed by atoms with van der Waals surface area (Å²) in [5.41, 5.74) is 1.61. The Kier molecular flexibility index (Phi) is 7.28. The number of anilines is 2. The van der Waals surface area contributed by atoms with Crippen molar-refractivity contribution in [2.75, 3.05) is 17.7 Å². The molecule has 178 valence electrons. The molecular weight excluding hydrogens is 499 g/mol. The molecule has 0 bridgehead atoms. The summed E-state index contributed by atoms with van der Waals surface area (Å²) in [7, 11) is 1.56. The van der Waals surface area contributed by atoms with Gasteiger partial charge in [0.25, 0.3) is 0 Å². The van der Waals surface area contributed by atoms with Gasteiger partial charge in [0.15, 0.2) is 0 Å². The molecule has 0 atom stereocenters. The highest BCUT2D eigenvalue weighted by atomic mass is 35.5. The highest BCUT2D eigenvalue weighted by Crippen LogP contribution is 2.25. The van der Waals surface area contributed by atoms with Crippen LogP contribution in [0.2, 0.25) is 10.0 Å². The highest BCUT2D eigenvalue weighted by Gasteiger charge is 2.14. The van der Waals surface area contributed by atoms with E-state index in [4.69, 9.17) is 27.9 Å². The molecule has 4 rings (SSSR count). The summed E-state index contributed by atoms with van der Waals surface area (Å²) < 4.78 is 33.6. The SMILES string of the molecule is COc1ccc(-c2cn(N=Cc3ccc(Cl)cc3Cl)c(NC(=O)Nc3ccc(F)cc3F)n2)cc1. The number of nitrogens with one attached hydrogen (secondary N) is 2. The number of aromatic nitrogens is 2. The van der Waals surface area contributed by atoms with Crippen LogP contribution in [0.1, 0.15) is 5.56 Å². The molecule has 0 radical (unpaired) electrons. The first-order valence-corrected chi connectivity index (χ1v) is 10.8. The monoisotopic (exact) mass is 515 g/mol. The number of methoxy groups -OCH3 is 1. The molecule has 1 heterocycles. The molecule has 7 nitrogen and oxygen atoms in total. The lowest BCUT2D eigenvalue weighted by molar-refractivity contribution is 0.262. The fourth-order valence-electron chi connectivity index (χ4n) is 3.02. The van der Waals surface area contributed by atoms with Crippen LogP contribution in [0.25, 0.3) is 11.3 Å². The maximum atomic E-state index is 13.9. The molecule has 11 heteroatoms. The number of rotatable bonds is 6. The Balaban J connectivity index is 1.64. The molecular formula is C24H17Cl2F2N5O2. The lowest BCUT2D eigenvalue weighted by Crippen LogP contribution is -2.22. The number of ether oxygens (including phenoxy) is 1. The first-order chi connectivity index (χ1) is 16.8. The molecule has 2 amide bonds. The van der Waals surface area contributed by atoms with Crippen LogP contribution < -0.4 is 15.4 Å². The molecule has 2 N–H and O–H groups in total. The van der Waals surface area contributed by atoms with E-state index >= 15 is 0 Å².